The highest BCUT2D eigenvalue weighted by Crippen LogP contribution is 2.31. The van der Waals surface area contributed by atoms with Gasteiger partial charge < -0.3 is 14.2 Å². The maximum atomic E-state index is 15.0. The van der Waals surface area contributed by atoms with E-state index in [2.05, 4.69) is 4.98 Å². The summed E-state index contributed by atoms with van der Waals surface area (Å²) in [7, 11) is -3.40. The Hall–Kier alpha value is -2.65. The number of nitrogens with zero attached hydrogens (tertiary/aromatic N) is 3. The van der Waals surface area contributed by atoms with Crippen LogP contribution in [0.4, 0.5) is 9.18 Å². The van der Waals surface area contributed by atoms with Crippen molar-refractivity contribution in [2.75, 3.05) is 19.3 Å². The maximum Gasteiger partial charge on any atom is 0.410 e. The van der Waals surface area contributed by atoms with Gasteiger partial charge in [0.2, 0.25) is 0 Å². The first-order valence-electron chi connectivity index (χ1n) is 11.4. The molecule has 0 N–H and O–H groups in total. The van der Waals surface area contributed by atoms with Crippen molar-refractivity contribution in [3.8, 4) is 0 Å². The van der Waals surface area contributed by atoms with Gasteiger partial charge in [-0.05, 0) is 69.4 Å². The van der Waals surface area contributed by atoms with E-state index in [1.54, 1.807) is 34.0 Å². The molecule has 0 unspecified atom stereocenters. The molecule has 7 nitrogen and oxygen atoms in total. The molecule has 10 heteroatoms. The molecular formula is C25H29ClFN3O4S. The quantitative estimate of drug-likeness (QED) is 0.459. The number of fused-ring (bicyclic) bond motifs is 1. The second kappa shape index (κ2) is 9.43. The van der Waals surface area contributed by atoms with Gasteiger partial charge in [-0.15, -0.1) is 0 Å². The normalized spacial score (nSPS) is 15.5. The summed E-state index contributed by atoms with van der Waals surface area (Å²) >= 11 is 6.38. The lowest BCUT2D eigenvalue weighted by Gasteiger charge is -2.33. The van der Waals surface area contributed by atoms with Gasteiger partial charge in [0.15, 0.2) is 9.84 Å². The van der Waals surface area contributed by atoms with Crippen molar-refractivity contribution in [3.63, 3.8) is 0 Å². The Morgan fingerprint density at radius 1 is 1.23 bits per heavy atom. The number of halogens is 2. The first-order valence-corrected chi connectivity index (χ1v) is 13.7. The molecule has 0 bridgehead atoms. The smallest absolute Gasteiger partial charge is 0.410 e. The van der Waals surface area contributed by atoms with Gasteiger partial charge in [0.05, 0.1) is 27.7 Å². The topological polar surface area (TPSA) is 81.5 Å². The largest absolute Gasteiger partial charge is 0.444 e. The van der Waals surface area contributed by atoms with E-state index in [1.165, 1.54) is 12.1 Å². The van der Waals surface area contributed by atoms with E-state index < -0.39 is 21.3 Å². The summed E-state index contributed by atoms with van der Waals surface area (Å²) in [6.45, 7) is 6.77. The number of amides is 1. The minimum absolute atomic E-state index is 0.112. The number of benzene rings is 1. The van der Waals surface area contributed by atoms with Crippen molar-refractivity contribution in [1.29, 1.82) is 0 Å². The average molecular weight is 522 g/mol. The minimum atomic E-state index is -3.40. The molecule has 0 spiro atoms. The third-order valence-electron chi connectivity index (χ3n) is 6.09. The molecule has 3 aromatic rings. The molecule has 1 aliphatic heterocycles. The molecule has 1 aromatic carbocycles. The van der Waals surface area contributed by atoms with Crippen molar-refractivity contribution >= 4 is 38.4 Å². The van der Waals surface area contributed by atoms with Gasteiger partial charge in [0.25, 0.3) is 0 Å². The Labute approximate surface area is 209 Å². The molecule has 0 atom stereocenters. The summed E-state index contributed by atoms with van der Waals surface area (Å²) in [4.78, 5) is 18.5. The lowest BCUT2D eigenvalue weighted by molar-refractivity contribution is 0.0204. The monoisotopic (exact) mass is 521 g/mol. The van der Waals surface area contributed by atoms with Crippen molar-refractivity contribution < 1.29 is 22.3 Å². The van der Waals surface area contributed by atoms with Gasteiger partial charge in [0.1, 0.15) is 11.4 Å². The number of likely N-dealkylation sites (tertiary alicyclic amines) is 1. The molecule has 1 aliphatic rings. The van der Waals surface area contributed by atoms with Gasteiger partial charge in [-0.3, -0.25) is 4.98 Å². The first-order chi connectivity index (χ1) is 16.3. The number of hydrogen-bond acceptors (Lipinski definition) is 5. The minimum Gasteiger partial charge on any atom is -0.444 e. The van der Waals surface area contributed by atoms with Crippen molar-refractivity contribution in [2.24, 2.45) is 0 Å². The summed E-state index contributed by atoms with van der Waals surface area (Å²) in [5.41, 5.74) is 1.16. The second-order valence-corrected chi connectivity index (χ2v) is 12.4. The van der Waals surface area contributed by atoms with Crippen molar-refractivity contribution in [2.45, 2.75) is 56.6 Å². The molecule has 3 heterocycles. The van der Waals surface area contributed by atoms with Gasteiger partial charge in [-0.1, -0.05) is 11.6 Å². The second-order valence-electron chi connectivity index (χ2n) is 10.00. The van der Waals surface area contributed by atoms with Crippen LogP contribution in [0.2, 0.25) is 5.02 Å². The third kappa shape index (κ3) is 5.78. The van der Waals surface area contributed by atoms with Crippen LogP contribution in [0.15, 0.2) is 41.6 Å². The number of hydrogen-bond donors (Lipinski definition) is 0. The molecule has 1 saturated heterocycles. The molecular weight excluding hydrogens is 493 g/mol. The van der Waals surface area contributed by atoms with Gasteiger partial charge in [-0.25, -0.2) is 17.6 Å². The van der Waals surface area contributed by atoms with Gasteiger partial charge >= 0.3 is 6.09 Å². The number of rotatable bonds is 4. The molecule has 4 rings (SSSR count). The molecule has 188 valence electrons. The lowest BCUT2D eigenvalue weighted by Crippen LogP contribution is -2.41. The number of carbonyl (C=O) groups is 1. The van der Waals surface area contributed by atoms with E-state index in [-0.39, 0.29) is 34.2 Å². The Morgan fingerprint density at radius 2 is 1.91 bits per heavy atom. The zero-order valence-electron chi connectivity index (χ0n) is 20.2. The van der Waals surface area contributed by atoms with Crippen LogP contribution < -0.4 is 0 Å². The molecule has 1 amide bonds. The van der Waals surface area contributed by atoms with Crippen LogP contribution in [0, 0.1) is 5.82 Å². The first kappa shape index (κ1) is 25.4. The molecule has 35 heavy (non-hydrogen) atoms. The van der Waals surface area contributed by atoms with Crippen LogP contribution in [0.1, 0.15) is 50.8 Å². The highest BCUT2D eigenvalue weighted by atomic mass is 35.5. The van der Waals surface area contributed by atoms with Crippen LogP contribution in [-0.2, 0) is 21.1 Å². The predicted octanol–water partition coefficient (Wildman–Crippen LogP) is 5.40. The fourth-order valence-corrected chi connectivity index (χ4v) is 5.39. The molecule has 0 radical (unpaired) electrons. The summed E-state index contributed by atoms with van der Waals surface area (Å²) in [5, 5.41) is 0.938. The number of pyridine rings is 1. The Balaban J connectivity index is 1.47. The highest BCUT2D eigenvalue weighted by Gasteiger charge is 2.28. The van der Waals surface area contributed by atoms with E-state index in [0.717, 1.165) is 11.8 Å². The van der Waals surface area contributed by atoms with E-state index in [1.807, 2.05) is 20.8 Å². The van der Waals surface area contributed by atoms with Gasteiger partial charge in [0, 0.05) is 37.1 Å². The summed E-state index contributed by atoms with van der Waals surface area (Å²) in [6.07, 6.45) is 5.66. The number of piperidine rings is 1. The zero-order valence-corrected chi connectivity index (χ0v) is 21.8. The van der Waals surface area contributed by atoms with E-state index in [0.29, 0.717) is 36.8 Å². The van der Waals surface area contributed by atoms with Crippen LogP contribution in [0.25, 0.3) is 10.9 Å². The molecule has 1 fully saturated rings. The maximum absolute atomic E-state index is 15.0. The Bertz CT molecular complexity index is 1370. The highest BCUT2D eigenvalue weighted by molar-refractivity contribution is 7.90. The van der Waals surface area contributed by atoms with Gasteiger partial charge in [-0.2, -0.15) is 0 Å². The van der Waals surface area contributed by atoms with Crippen LogP contribution in [0.5, 0.6) is 0 Å². The zero-order chi connectivity index (χ0) is 25.5. The lowest BCUT2D eigenvalue weighted by atomic mass is 9.90. The average Bonchev–Trinajstić information content (AvgIpc) is 3.17. The standard InChI is InChI=1S/C25H29ClFN3O4S/c1-25(2,3)34-24(31)29-8-5-16(6-9-29)18-12-21(27)22(28-14-18)15-30-10-7-17-11-19(35(4,32)33)13-20(26)23(17)30/h7,10-14,16H,5-6,8-9,15H2,1-4H3. The third-order valence-corrected chi connectivity index (χ3v) is 7.47. The van der Waals surface area contributed by atoms with Crippen LogP contribution in [-0.4, -0.2) is 53.9 Å². The molecule has 2 aromatic heterocycles. The SMILES string of the molecule is CC(C)(C)OC(=O)N1CCC(c2cnc(Cn3ccc4cc(S(C)(=O)=O)cc(Cl)c43)c(F)c2)CC1. The van der Waals surface area contributed by atoms with Crippen molar-refractivity contribution in [1.82, 2.24) is 14.5 Å². The number of aromatic nitrogens is 2. The van der Waals surface area contributed by atoms with E-state index in [4.69, 9.17) is 16.3 Å². The van der Waals surface area contributed by atoms with E-state index >= 15 is 4.39 Å². The molecule has 0 aliphatic carbocycles. The fourth-order valence-electron chi connectivity index (χ4n) is 4.32. The number of sulfone groups is 1. The fraction of sp³-hybridized carbons (Fsp3) is 0.440. The number of ether oxygens (including phenoxy) is 1. The Kier molecular flexibility index (Phi) is 6.85. The number of carbonyl (C=O) groups excluding carboxylic acids is 1. The summed E-state index contributed by atoms with van der Waals surface area (Å²) in [5.74, 6) is -0.302. The summed E-state index contributed by atoms with van der Waals surface area (Å²) < 4.78 is 46.0. The van der Waals surface area contributed by atoms with Crippen LogP contribution in [0.3, 0.4) is 0 Å². The molecule has 0 saturated carbocycles. The Morgan fingerprint density at radius 3 is 2.51 bits per heavy atom. The van der Waals surface area contributed by atoms with Crippen molar-refractivity contribution in [3.05, 3.63) is 58.8 Å². The van der Waals surface area contributed by atoms with Crippen LogP contribution >= 0.6 is 11.6 Å². The van der Waals surface area contributed by atoms with E-state index in [9.17, 15) is 13.2 Å². The predicted molar refractivity (Wildman–Crippen MR) is 133 cm³/mol. The summed E-state index contributed by atoms with van der Waals surface area (Å²) in [6, 6.07) is 6.24.